The third-order valence-corrected chi connectivity index (χ3v) is 5.99. The Bertz CT molecular complexity index is 974. The first-order valence-corrected chi connectivity index (χ1v) is 10.6. The number of rotatable bonds is 8. The van der Waals surface area contributed by atoms with Crippen LogP contribution < -0.4 is 4.74 Å². The predicted octanol–water partition coefficient (Wildman–Crippen LogP) is 8.32. The van der Waals surface area contributed by atoms with Gasteiger partial charge in [0.05, 0.1) is 23.3 Å². The molecule has 0 aromatic heterocycles. The van der Waals surface area contributed by atoms with Crippen molar-refractivity contribution in [3.63, 3.8) is 0 Å². The van der Waals surface area contributed by atoms with Crippen molar-refractivity contribution in [2.45, 2.75) is 32.3 Å². The van der Waals surface area contributed by atoms with Crippen molar-refractivity contribution in [1.29, 1.82) is 0 Å². The molecule has 2 nitrogen and oxygen atoms in total. The molecular weight excluding hydrogens is 427 g/mol. The lowest BCUT2D eigenvalue weighted by molar-refractivity contribution is 0.0747. The van der Waals surface area contributed by atoms with Crippen molar-refractivity contribution in [3.8, 4) is 11.5 Å². The van der Waals surface area contributed by atoms with Crippen LogP contribution in [0.4, 0.5) is 0 Å². The molecule has 0 aliphatic heterocycles. The maximum Gasteiger partial charge on any atom is 0.128 e. The second-order valence-corrected chi connectivity index (χ2v) is 8.49. The van der Waals surface area contributed by atoms with E-state index in [2.05, 4.69) is 13.8 Å². The molecule has 0 N–H and O–H groups in total. The number of ether oxygens (including phenoxy) is 2. The largest absolute Gasteiger partial charge is 0.457 e. The highest BCUT2D eigenvalue weighted by atomic mass is 35.5. The van der Waals surface area contributed by atoms with Crippen LogP contribution in [0.5, 0.6) is 11.5 Å². The van der Waals surface area contributed by atoms with E-state index in [1.54, 1.807) is 6.07 Å². The molecule has 0 aliphatic rings. The van der Waals surface area contributed by atoms with Gasteiger partial charge >= 0.3 is 0 Å². The van der Waals surface area contributed by atoms with E-state index < -0.39 is 0 Å². The fourth-order valence-corrected chi connectivity index (χ4v) is 3.50. The summed E-state index contributed by atoms with van der Waals surface area (Å²) in [6, 6.07) is 21.0. The lowest BCUT2D eigenvalue weighted by atomic mass is 9.81. The van der Waals surface area contributed by atoms with Crippen LogP contribution in [0.1, 0.15) is 31.4 Å². The summed E-state index contributed by atoms with van der Waals surface area (Å²) in [7, 11) is 0. The van der Waals surface area contributed by atoms with Crippen molar-refractivity contribution in [1.82, 2.24) is 0 Å². The molecule has 0 heterocycles. The van der Waals surface area contributed by atoms with Gasteiger partial charge in [-0.3, -0.25) is 0 Å². The van der Waals surface area contributed by atoms with Crippen LogP contribution in [0.2, 0.25) is 15.1 Å². The van der Waals surface area contributed by atoms with Gasteiger partial charge in [0.2, 0.25) is 0 Å². The quantitative estimate of drug-likeness (QED) is 0.344. The molecule has 29 heavy (non-hydrogen) atoms. The van der Waals surface area contributed by atoms with Crippen LogP contribution in [0, 0.1) is 0 Å². The zero-order valence-electron chi connectivity index (χ0n) is 16.4. The molecule has 1 unspecified atom stereocenters. The molecular formula is C24H23Cl3O2. The molecule has 0 fully saturated rings. The van der Waals surface area contributed by atoms with Gasteiger partial charge in [-0.1, -0.05) is 72.9 Å². The Hall–Kier alpha value is -1.71. The molecule has 1 atom stereocenters. The van der Waals surface area contributed by atoms with E-state index in [1.807, 2.05) is 60.7 Å². The second-order valence-electron chi connectivity index (χ2n) is 7.24. The Morgan fingerprint density at radius 3 is 2.24 bits per heavy atom. The van der Waals surface area contributed by atoms with Gasteiger partial charge in [-0.25, -0.2) is 0 Å². The van der Waals surface area contributed by atoms with Crippen LogP contribution >= 0.6 is 34.8 Å². The van der Waals surface area contributed by atoms with E-state index in [4.69, 9.17) is 44.3 Å². The summed E-state index contributed by atoms with van der Waals surface area (Å²) in [5, 5.41) is 1.77. The number of halogens is 3. The van der Waals surface area contributed by atoms with Gasteiger partial charge in [-0.2, -0.15) is 0 Å². The Labute approximate surface area is 187 Å². The highest BCUT2D eigenvalue weighted by Crippen LogP contribution is 2.33. The average molecular weight is 450 g/mol. The maximum absolute atomic E-state index is 6.21. The third kappa shape index (κ3) is 5.90. The summed E-state index contributed by atoms with van der Waals surface area (Å²) < 4.78 is 12.0. The van der Waals surface area contributed by atoms with E-state index >= 15 is 0 Å². The molecule has 0 saturated heterocycles. The Balaban J connectivity index is 1.64. The van der Waals surface area contributed by atoms with E-state index in [0.29, 0.717) is 34.0 Å². The first-order chi connectivity index (χ1) is 13.9. The van der Waals surface area contributed by atoms with Crippen LogP contribution in [0.15, 0.2) is 66.7 Å². The van der Waals surface area contributed by atoms with Gasteiger partial charge in [0.1, 0.15) is 11.5 Å². The van der Waals surface area contributed by atoms with Crippen LogP contribution in [-0.2, 0) is 16.8 Å². The molecule has 152 valence electrons. The topological polar surface area (TPSA) is 18.5 Å². The van der Waals surface area contributed by atoms with Crippen LogP contribution in [0.3, 0.4) is 0 Å². The highest BCUT2D eigenvalue weighted by molar-refractivity contribution is 6.42. The lowest BCUT2D eigenvalue weighted by Crippen LogP contribution is -2.27. The summed E-state index contributed by atoms with van der Waals surface area (Å²) in [5.41, 5.74) is 2.01. The number of hydrogen-bond acceptors (Lipinski definition) is 2. The first kappa shape index (κ1) is 22.0. The molecule has 0 amide bonds. The van der Waals surface area contributed by atoms with Gasteiger partial charge < -0.3 is 9.47 Å². The number of hydrogen-bond donors (Lipinski definition) is 0. The molecule has 3 aromatic rings. The average Bonchev–Trinajstić information content (AvgIpc) is 2.70. The monoisotopic (exact) mass is 448 g/mol. The summed E-state index contributed by atoms with van der Waals surface area (Å²) in [6.07, 6.45) is 0.920. The Kier molecular flexibility index (Phi) is 7.48. The fraction of sp³-hybridized carbons (Fsp3) is 0.250. The molecule has 0 radical (unpaired) electrons. The van der Waals surface area contributed by atoms with E-state index in [-0.39, 0.29) is 5.41 Å². The summed E-state index contributed by atoms with van der Waals surface area (Å²) in [4.78, 5) is 0. The van der Waals surface area contributed by atoms with Gasteiger partial charge in [0, 0.05) is 10.4 Å². The van der Waals surface area contributed by atoms with Gasteiger partial charge in [-0.05, 0) is 60.0 Å². The normalized spacial score (nSPS) is 13.1. The van der Waals surface area contributed by atoms with Crippen molar-refractivity contribution in [2.75, 3.05) is 6.61 Å². The Morgan fingerprint density at radius 1 is 0.828 bits per heavy atom. The minimum atomic E-state index is -0.150. The van der Waals surface area contributed by atoms with E-state index in [9.17, 15) is 0 Å². The van der Waals surface area contributed by atoms with E-state index in [0.717, 1.165) is 23.3 Å². The van der Waals surface area contributed by atoms with Crippen molar-refractivity contribution < 1.29 is 9.47 Å². The van der Waals surface area contributed by atoms with Crippen molar-refractivity contribution in [2.24, 2.45) is 0 Å². The standard InChI is InChI=1S/C24H23Cl3O2/c1-3-24(2,18-10-11-22(26)23(27)13-18)16-28-15-17-6-4-8-20(12-17)29-21-9-5-7-19(25)14-21/h4-14H,3,15-16H2,1-2H3. The van der Waals surface area contributed by atoms with Gasteiger partial charge in [0.25, 0.3) is 0 Å². The molecule has 3 rings (SSSR count). The van der Waals surface area contributed by atoms with E-state index in [1.165, 1.54) is 0 Å². The first-order valence-electron chi connectivity index (χ1n) is 9.45. The minimum Gasteiger partial charge on any atom is -0.457 e. The summed E-state index contributed by atoms with van der Waals surface area (Å²) in [6.45, 7) is 5.38. The predicted molar refractivity (Wildman–Crippen MR) is 122 cm³/mol. The van der Waals surface area contributed by atoms with Crippen molar-refractivity contribution >= 4 is 34.8 Å². The van der Waals surface area contributed by atoms with Gasteiger partial charge in [0.15, 0.2) is 0 Å². The lowest BCUT2D eigenvalue weighted by Gasteiger charge is -2.29. The van der Waals surface area contributed by atoms with Gasteiger partial charge in [-0.15, -0.1) is 0 Å². The summed E-state index contributed by atoms with van der Waals surface area (Å²) >= 11 is 18.3. The molecule has 3 aromatic carbocycles. The Morgan fingerprint density at radius 2 is 1.55 bits per heavy atom. The van der Waals surface area contributed by atoms with Crippen molar-refractivity contribution in [3.05, 3.63) is 92.9 Å². The smallest absolute Gasteiger partial charge is 0.128 e. The zero-order valence-corrected chi connectivity index (χ0v) is 18.7. The SMILES string of the molecule is CCC(C)(COCc1cccc(Oc2cccc(Cl)c2)c1)c1ccc(Cl)c(Cl)c1. The number of benzene rings is 3. The zero-order chi connectivity index (χ0) is 20.9. The summed E-state index contributed by atoms with van der Waals surface area (Å²) in [5.74, 6) is 1.45. The molecule has 0 spiro atoms. The van der Waals surface area contributed by atoms with Crippen LogP contribution in [-0.4, -0.2) is 6.61 Å². The minimum absolute atomic E-state index is 0.150. The third-order valence-electron chi connectivity index (χ3n) is 5.02. The molecule has 0 bridgehead atoms. The van der Waals surface area contributed by atoms with Crippen LogP contribution in [0.25, 0.3) is 0 Å². The fourth-order valence-electron chi connectivity index (χ4n) is 3.02. The molecule has 0 aliphatic carbocycles. The second kappa shape index (κ2) is 9.86. The highest BCUT2D eigenvalue weighted by Gasteiger charge is 2.25. The maximum atomic E-state index is 6.21. The molecule has 5 heteroatoms. The molecule has 0 saturated carbocycles.